The molecule has 22 heavy (non-hydrogen) atoms. The van der Waals surface area contributed by atoms with Crippen molar-refractivity contribution >= 4 is 10.8 Å². The monoisotopic (exact) mass is 292 g/mol. The van der Waals surface area contributed by atoms with Crippen molar-refractivity contribution in [2.24, 2.45) is 5.92 Å². The van der Waals surface area contributed by atoms with Crippen LogP contribution in [0.2, 0.25) is 0 Å². The summed E-state index contributed by atoms with van der Waals surface area (Å²) in [5.74, 6) is 1.16. The second-order valence-electron chi connectivity index (χ2n) is 5.52. The van der Waals surface area contributed by atoms with Crippen molar-refractivity contribution in [2.75, 3.05) is 19.7 Å². The summed E-state index contributed by atoms with van der Waals surface area (Å²) < 4.78 is 5.74. The summed E-state index contributed by atoms with van der Waals surface area (Å²) in [6.07, 6.45) is 7.08. The van der Waals surface area contributed by atoms with Gasteiger partial charge in [-0.2, -0.15) is 0 Å². The number of fused-ring (bicyclic) bond motifs is 1. The Balaban J connectivity index is 1.59. The molecule has 3 heterocycles. The summed E-state index contributed by atoms with van der Waals surface area (Å²) >= 11 is 0. The van der Waals surface area contributed by atoms with Crippen LogP contribution in [0.4, 0.5) is 0 Å². The van der Waals surface area contributed by atoms with E-state index >= 15 is 0 Å². The van der Waals surface area contributed by atoms with Crippen molar-refractivity contribution in [1.82, 2.24) is 20.3 Å². The Morgan fingerprint density at radius 1 is 1.05 bits per heavy atom. The molecule has 1 aromatic carbocycles. The molecule has 0 spiro atoms. The quantitative estimate of drug-likeness (QED) is 0.799. The molecule has 2 aromatic heterocycles. The molecule has 1 aliphatic heterocycles. The molecule has 5 nitrogen and oxygen atoms in total. The molecule has 0 amide bonds. The zero-order valence-electron chi connectivity index (χ0n) is 12.1. The first-order valence-electron chi connectivity index (χ1n) is 7.38. The Kier molecular flexibility index (Phi) is 3.40. The van der Waals surface area contributed by atoms with Gasteiger partial charge in [-0.1, -0.05) is 12.1 Å². The molecule has 1 N–H and O–H groups in total. The minimum atomic E-state index is 0.582. The molecule has 0 bridgehead atoms. The molecule has 3 aromatic rings. The topological polar surface area (TPSA) is 59.9 Å². The van der Waals surface area contributed by atoms with Crippen LogP contribution in [0.1, 0.15) is 0 Å². The van der Waals surface area contributed by atoms with E-state index in [2.05, 4.69) is 26.3 Å². The van der Waals surface area contributed by atoms with Crippen molar-refractivity contribution in [3.63, 3.8) is 0 Å². The Morgan fingerprint density at radius 3 is 2.86 bits per heavy atom. The zero-order chi connectivity index (χ0) is 14.8. The molecule has 0 saturated carbocycles. The van der Waals surface area contributed by atoms with Crippen LogP contribution in [0.15, 0.2) is 49.1 Å². The van der Waals surface area contributed by atoms with Gasteiger partial charge in [-0.25, -0.2) is 4.98 Å². The lowest BCUT2D eigenvalue weighted by Crippen LogP contribution is -2.45. The van der Waals surface area contributed by atoms with Crippen molar-refractivity contribution in [2.45, 2.75) is 0 Å². The number of benzene rings is 1. The number of nitrogens with zero attached hydrogens (tertiary/aromatic N) is 3. The highest BCUT2D eigenvalue weighted by atomic mass is 16.5. The van der Waals surface area contributed by atoms with Gasteiger partial charge in [-0.3, -0.25) is 9.97 Å². The molecule has 0 aliphatic carbocycles. The summed E-state index contributed by atoms with van der Waals surface area (Å²) in [5.41, 5.74) is 1.85. The highest BCUT2D eigenvalue weighted by molar-refractivity contribution is 5.85. The lowest BCUT2D eigenvalue weighted by molar-refractivity contribution is 0.193. The molecular weight excluding hydrogens is 276 g/mol. The summed E-state index contributed by atoms with van der Waals surface area (Å²) in [4.78, 5) is 12.9. The van der Waals surface area contributed by atoms with E-state index in [9.17, 15) is 0 Å². The van der Waals surface area contributed by atoms with Gasteiger partial charge in [-0.05, 0) is 17.5 Å². The molecule has 0 unspecified atom stereocenters. The van der Waals surface area contributed by atoms with Gasteiger partial charge in [0.2, 0.25) is 5.88 Å². The van der Waals surface area contributed by atoms with Crippen molar-refractivity contribution in [3.05, 3.63) is 49.1 Å². The van der Waals surface area contributed by atoms with Gasteiger partial charge in [0.1, 0.15) is 0 Å². The number of nitrogens with one attached hydrogen (secondary N) is 1. The molecule has 0 radical (unpaired) electrons. The Morgan fingerprint density at radius 2 is 2.00 bits per heavy atom. The van der Waals surface area contributed by atoms with E-state index in [0.717, 1.165) is 35.1 Å². The van der Waals surface area contributed by atoms with Crippen LogP contribution < -0.4 is 10.1 Å². The normalized spacial score (nSPS) is 14.7. The maximum atomic E-state index is 5.74. The molecular formula is C17H16N4O. The molecule has 1 fully saturated rings. The maximum Gasteiger partial charge on any atom is 0.232 e. The number of hydrogen-bond donors (Lipinski definition) is 1. The van der Waals surface area contributed by atoms with Gasteiger partial charge in [0, 0.05) is 42.4 Å². The second kappa shape index (κ2) is 5.69. The Bertz CT molecular complexity index is 801. The standard InChI is InChI=1S/C17H16N4O/c1-2-15-8-18-4-3-13(15)5-14(1)16-9-20-10-17(21-16)22-11-12-6-19-7-12/h1-5,8-10,12,19H,6-7,11H2. The van der Waals surface area contributed by atoms with E-state index in [-0.39, 0.29) is 0 Å². The van der Waals surface area contributed by atoms with Crippen LogP contribution in [0.3, 0.4) is 0 Å². The van der Waals surface area contributed by atoms with E-state index in [4.69, 9.17) is 4.74 Å². The summed E-state index contributed by atoms with van der Waals surface area (Å²) in [7, 11) is 0. The molecule has 110 valence electrons. The van der Waals surface area contributed by atoms with E-state index in [1.807, 2.05) is 24.4 Å². The van der Waals surface area contributed by atoms with Gasteiger partial charge >= 0.3 is 0 Å². The third kappa shape index (κ3) is 2.63. The number of aromatic nitrogens is 3. The molecule has 0 atom stereocenters. The molecule has 1 saturated heterocycles. The van der Waals surface area contributed by atoms with Crippen LogP contribution in [0.25, 0.3) is 22.0 Å². The van der Waals surface area contributed by atoms with Gasteiger partial charge in [0.15, 0.2) is 0 Å². The second-order valence-corrected chi connectivity index (χ2v) is 5.52. The zero-order valence-corrected chi connectivity index (χ0v) is 12.1. The largest absolute Gasteiger partial charge is 0.476 e. The third-order valence-electron chi connectivity index (χ3n) is 3.88. The van der Waals surface area contributed by atoms with Gasteiger partial charge in [0.25, 0.3) is 0 Å². The summed E-state index contributed by atoms with van der Waals surface area (Å²) in [6, 6.07) is 8.18. The number of ether oxygens (including phenoxy) is 1. The van der Waals surface area contributed by atoms with Crippen molar-refractivity contribution < 1.29 is 4.74 Å². The first-order chi connectivity index (χ1) is 10.9. The fraction of sp³-hybridized carbons (Fsp3) is 0.235. The summed E-state index contributed by atoms with van der Waals surface area (Å²) in [5, 5.41) is 5.49. The lowest BCUT2D eigenvalue weighted by atomic mass is 10.1. The summed E-state index contributed by atoms with van der Waals surface area (Å²) in [6.45, 7) is 2.73. The predicted octanol–water partition coefficient (Wildman–Crippen LogP) is 2.29. The van der Waals surface area contributed by atoms with Crippen LogP contribution in [-0.2, 0) is 0 Å². The third-order valence-corrected chi connectivity index (χ3v) is 3.88. The molecule has 1 aliphatic rings. The van der Waals surface area contributed by atoms with E-state index in [0.29, 0.717) is 18.4 Å². The van der Waals surface area contributed by atoms with Gasteiger partial charge < -0.3 is 10.1 Å². The maximum absolute atomic E-state index is 5.74. The minimum absolute atomic E-state index is 0.582. The number of hydrogen-bond acceptors (Lipinski definition) is 5. The minimum Gasteiger partial charge on any atom is -0.476 e. The van der Waals surface area contributed by atoms with Crippen LogP contribution in [-0.4, -0.2) is 34.6 Å². The van der Waals surface area contributed by atoms with Crippen LogP contribution >= 0.6 is 0 Å². The lowest BCUT2D eigenvalue weighted by Gasteiger charge is -2.26. The predicted molar refractivity (Wildman–Crippen MR) is 84.6 cm³/mol. The average molecular weight is 292 g/mol. The highest BCUT2D eigenvalue weighted by Crippen LogP contribution is 2.23. The van der Waals surface area contributed by atoms with Crippen molar-refractivity contribution in [1.29, 1.82) is 0 Å². The fourth-order valence-corrected chi connectivity index (χ4v) is 2.47. The smallest absolute Gasteiger partial charge is 0.232 e. The van der Waals surface area contributed by atoms with Crippen LogP contribution in [0.5, 0.6) is 5.88 Å². The Hall–Kier alpha value is -2.53. The van der Waals surface area contributed by atoms with Crippen LogP contribution in [0, 0.1) is 5.92 Å². The SMILES string of the molecule is c1cc2cc(-c3cncc(OCC4CNC4)n3)ccc2cn1. The van der Waals surface area contributed by atoms with Crippen molar-refractivity contribution in [3.8, 4) is 17.1 Å². The van der Waals surface area contributed by atoms with Gasteiger partial charge in [-0.15, -0.1) is 0 Å². The average Bonchev–Trinajstić information content (AvgIpc) is 2.53. The Labute approximate surface area is 128 Å². The number of pyridine rings is 1. The first-order valence-corrected chi connectivity index (χ1v) is 7.38. The number of rotatable bonds is 4. The van der Waals surface area contributed by atoms with E-state index in [1.54, 1.807) is 18.6 Å². The van der Waals surface area contributed by atoms with E-state index in [1.165, 1.54) is 0 Å². The molecule has 4 rings (SSSR count). The van der Waals surface area contributed by atoms with E-state index < -0.39 is 0 Å². The first kappa shape index (κ1) is 13.2. The molecule has 5 heteroatoms. The highest BCUT2D eigenvalue weighted by Gasteiger charge is 2.17. The van der Waals surface area contributed by atoms with Gasteiger partial charge in [0.05, 0.1) is 24.7 Å². The fourth-order valence-electron chi connectivity index (χ4n) is 2.47.